The molecule has 0 bridgehead atoms. The van der Waals surface area contributed by atoms with E-state index in [0.717, 1.165) is 0 Å². The van der Waals surface area contributed by atoms with Gasteiger partial charge in [-0.05, 0) is 0 Å². The van der Waals surface area contributed by atoms with E-state index < -0.39 is 0 Å². The molecule has 0 aliphatic heterocycles. The molecule has 0 N–H and O–H groups in total. The Balaban J connectivity index is 0. The Bertz CT molecular complexity index is 8.00. The van der Waals surface area contributed by atoms with Gasteiger partial charge in [0.1, 0.15) is 0 Å². The van der Waals surface area contributed by atoms with Crippen LogP contribution < -0.4 is 0 Å². The van der Waals surface area contributed by atoms with Crippen molar-refractivity contribution in [2.45, 2.75) is 0 Å². The van der Waals surface area contributed by atoms with Crippen molar-refractivity contribution in [2.24, 2.45) is 0 Å². The minimum Gasteiger partial charge on any atom is 0 e. The Kier molecular flexibility index (Phi) is 173. The van der Waals surface area contributed by atoms with Gasteiger partial charge in [-0.3, -0.25) is 0 Å². The summed E-state index contributed by atoms with van der Waals surface area (Å²) in [4.78, 5) is 0. The van der Waals surface area contributed by atoms with Crippen molar-refractivity contribution in [3.63, 3.8) is 0 Å². The summed E-state index contributed by atoms with van der Waals surface area (Å²) >= 11 is 0. The van der Waals surface area contributed by atoms with Gasteiger partial charge in [0.15, 0.2) is 0 Å². The van der Waals surface area contributed by atoms with E-state index in [-0.39, 0.29) is 65.6 Å². The average molecular weight is 201 g/mol. The van der Waals surface area contributed by atoms with Crippen LogP contribution in [0.4, 0.5) is 0 Å². The second kappa shape index (κ2) is 19.4. The summed E-state index contributed by atoms with van der Waals surface area (Å²) < 4.78 is 0. The van der Waals surface area contributed by atoms with Crippen LogP contribution in [0, 0.1) is 0 Å². The van der Waals surface area contributed by atoms with Gasteiger partial charge in [0.25, 0.3) is 0 Å². The van der Waals surface area contributed by atoms with Crippen LogP contribution >= 0.6 is 9.90 Å². The predicted molar refractivity (Wildman–Crippen MR) is 12.7 cm³/mol. The SMILES string of the molecule is [P].[Si].[V].[Zr]. The van der Waals surface area contributed by atoms with Gasteiger partial charge < -0.3 is 0 Å². The summed E-state index contributed by atoms with van der Waals surface area (Å²) in [5.41, 5.74) is 0. The van der Waals surface area contributed by atoms with E-state index in [1.54, 1.807) is 0 Å². The smallest absolute Gasteiger partial charge is 0 e. The minimum absolute atomic E-state index is 0. The fraction of sp³-hybridized carbons (Fsp3) is 0. The molecule has 0 heterocycles. The topological polar surface area (TPSA) is 0 Å². The molecule has 4 heavy (non-hydrogen) atoms. The molecule has 8 radical (unpaired) electrons. The molecule has 0 aromatic heterocycles. The summed E-state index contributed by atoms with van der Waals surface area (Å²) in [6.07, 6.45) is 0. The maximum atomic E-state index is 0. The number of rotatable bonds is 0. The van der Waals surface area contributed by atoms with Crippen LogP contribution in [0.25, 0.3) is 0 Å². The second-order valence-electron chi connectivity index (χ2n) is 0. The number of hydrogen-bond donors (Lipinski definition) is 0. The van der Waals surface area contributed by atoms with Crippen LogP contribution in [0.2, 0.25) is 0 Å². The molecule has 0 amide bonds. The summed E-state index contributed by atoms with van der Waals surface area (Å²) in [5.74, 6) is 0. The molecule has 0 saturated heterocycles. The van der Waals surface area contributed by atoms with Crippen molar-refractivity contribution < 1.29 is 44.8 Å². The second-order valence-corrected chi connectivity index (χ2v) is 0. The van der Waals surface area contributed by atoms with Crippen molar-refractivity contribution in [1.29, 1.82) is 0 Å². The van der Waals surface area contributed by atoms with E-state index in [4.69, 9.17) is 0 Å². The third kappa shape index (κ3) is 8.93. The Morgan fingerprint density at radius 1 is 1.00 bits per heavy atom. The predicted octanol–water partition coefficient (Wildman–Crippen LogP) is 0.475. The van der Waals surface area contributed by atoms with E-state index in [1.807, 2.05) is 0 Å². The van der Waals surface area contributed by atoms with E-state index in [9.17, 15) is 0 Å². The van der Waals surface area contributed by atoms with Gasteiger partial charge in [-0.2, -0.15) is 0 Å². The molecule has 0 aliphatic rings. The standard InChI is InChI=1S/P.Si.V.Zr. The van der Waals surface area contributed by atoms with Crippen LogP contribution in [0.1, 0.15) is 0 Å². The zero-order valence-corrected chi connectivity index (χ0v) is 7.64. The first-order chi connectivity index (χ1) is 0. The first-order valence-corrected chi connectivity index (χ1v) is 0. The molecule has 4 heteroatoms. The largest absolute Gasteiger partial charge is 0 e. The Labute approximate surface area is 65.1 Å². The molecule has 0 unspecified atom stereocenters. The Hall–Kier alpha value is 2.11. The van der Waals surface area contributed by atoms with Crippen molar-refractivity contribution in [3.05, 3.63) is 0 Å². The van der Waals surface area contributed by atoms with Crippen molar-refractivity contribution >= 4 is 20.9 Å². The van der Waals surface area contributed by atoms with Gasteiger partial charge in [-0.25, -0.2) is 0 Å². The molecule has 0 rings (SSSR count). The van der Waals surface area contributed by atoms with Gasteiger partial charge >= 0.3 is 0 Å². The first kappa shape index (κ1) is 35.8. The molecule has 0 spiro atoms. The Morgan fingerprint density at radius 2 is 1.00 bits per heavy atom. The van der Waals surface area contributed by atoms with Gasteiger partial charge in [0.2, 0.25) is 0 Å². The van der Waals surface area contributed by atoms with Gasteiger partial charge in [0.05, 0.1) is 0 Å². The van der Waals surface area contributed by atoms with E-state index >= 15 is 0 Å². The molecule has 0 aromatic rings. The van der Waals surface area contributed by atoms with Crippen LogP contribution in [-0.4, -0.2) is 11.0 Å². The summed E-state index contributed by atoms with van der Waals surface area (Å²) in [6, 6.07) is 0. The number of hydrogen-bond acceptors (Lipinski definition) is 0. The van der Waals surface area contributed by atoms with Crippen LogP contribution in [0.3, 0.4) is 0 Å². The van der Waals surface area contributed by atoms with Crippen molar-refractivity contribution in [1.82, 2.24) is 0 Å². The fourth-order valence-corrected chi connectivity index (χ4v) is 0. The monoisotopic (exact) mass is 200 g/mol. The zero-order valence-electron chi connectivity index (χ0n) is 1.89. The van der Waals surface area contributed by atoms with Crippen molar-refractivity contribution in [3.8, 4) is 0 Å². The quantitative estimate of drug-likeness (QED) is 0.395. The van der Waals surface area contributed by atoms with E-state index in [1.165, 1.54) is 0 Å². The van der Waals surface area contributed by atoms with Crippen LogP contribution in [-0.2, 0) is 44.8 Å². The van der Waals surface area contributed by atoms with E-state index in [2.05, 4.69) is 0 Å². The molecular weight excluding hydrogens is 201 g/mol. The Morgan fingerprint density at radius 3 is 1.00 bits per heavy atom. The van der Waals surface area contributed by atoms with Crippen molar-refractivity contribution in [2.75, 3.05) is 0 Å². The third-order valence-electron chi connectivity index (χ3n) is 0. The fourth-order valence-electron chi connectivity index (χ4n) is 0. The summed E-state index contributed by atoms with van der Waals surface area (Å²) in [5, 5.41) is 0. The average Bonchev–Trinajstić information content (AvgIpc) is 0. The van der Waals surface area contributed by atoms with Crippen LogP contribution in [0.5, 0.6) is 0 Å². The van der Waals surface area contributed by atoms with Crippen LogP contribution in [0.15, 0.2) is 0 Å². The van der Waals surface area contributed by atoms with Gasteiger partial charge in [0, 0.05) is 65.6 Å². The minimum atomic E-state index is 0. The summed E-state index contributed by atoms with van der Waals surface area (Å²) in [7, 11) is 0. The molecule has 18 valence electrons. The molecule has 0 aliphatic carbocycles. The molecule has 0 aromatic carbocycles. The molecule has 0 saturated carbocycles. The molecule has 0 atom stereocenters. The first-order valence-electron chi connectivity index (χ1n) is 0. The van der Waals surface area contributed by atoms with Gasteiger partial charge in [-0.1, -0.05) is 0 Å². The molecule has 0 nitrogen and oxygen atoms in total. The maximum Gasteiger partial charge on any atom is 0 e. The molecule has 0 fully saturated rings. The summed E-state index contributed by atoms with van der Waals surface area (Å²) in [6.45, 7) is 0. The third-order valence-corrected chi connectivity index (χ3v) is 0. The molecular formula is PSiVZr. The normalized spacial score (nSPS) is 0. The van der Waals surface area contributed by atoms with E-state index in [0.29, 0.717) is 0 Å². The maximum absolute atomic E-state index is 0. The van der Waals surface area contributed by atoms with Gasteiger partial charge in [-0.15, -0.1) is 0 Å². The zero-order chi connectivity index (χ0) is 0.